The Kier molecular flexibility index (Phi) is 5.82. The van der Waals surface area contributed by atoms with Crippen molar-refractivity contribution in [3.05, 3.63) is 108 Å². The van der Waals surface area contributed by atoms with Gasteiger partial charge in [0.05, 0.1) is 29.0 Å². The lowest BCUT2D eigenvalue weighted by atomic mass is 9.96. The van der Waals surface area contributed by atoms with E-state index in [0.29, 0.717) is 20.6 Å². The molecular weight excluding hydrogens is 408 g/mol. The molecule has 1 aromatic heterocycles. The Balaban J connectivity index is 1.90. The topological polar surface area (TPSA) is 60.7 Å². The maximum atomic E-state index is 13.4. The van der Waals surface area contributed by atoms with Gasteiger partial charge in [0.1, 0.15) is 0 Å². The summed E-state index contributed by atoms with van der Waals surface area (Å²) in [6, 6.07) is 18.9. The zero-order valence-electron chi connectivity index (χ0n) is 17.5. The number of benzene rings is 2. The first kappa shape index (κ1) is 20.8. The number of ether oxygens (including phenoxy) is 1. The van der Waals surface area contributed by atoms with Crippen molar-refractivity contribution in [2.24, 2.45) is 4.99 Å². The normalized spacial score (nSPS) is 16.7. The van der Waals surface area contributed by atoms with Crippen LogP contribution < -0.4 is 14.9 Å². The van der Waals surface area contributed by atoms with Crippen LogP contribution in [0.2, 0.25) is 0 Å². The Bertz CT molecular complexity index is 1360. The van der Waals surface area contributed by atoms with E-state index >= 15 is 0 Å². The number of aromatic nitrogens is 1. The van der Waals surface area contributed by atoms with Gasteiger partial charge >= 0.3 is 5.97 Å². The van der Waals surface area contributed by atoms with E-state index in [0.717, 1.165) is 16.7 Å². The average molecular weight is 431 g/mol. The number of rotatable bonds is 4. The number of methoxy groups -OCH3 is 1. The number of hydrogen-bond acceptors (Lipinski definition) is 5. The largest absolute Gasteiger partial charge is 0.466 e. The Labute approximate surface area is 184 Å². The van der Waals surface area contributed by atoms with E-state index < -0.39 is 12.0 Å². The van der Waals surface area contributed by atoms with E-state index in [1.807, 2.05) is 79.7 Å². The van der Waals surface area contributed by atoms with Gasteiger partial charge in [0, 0.05) is 0 Å². The summed E-state index contributed by atoms with van der Waals surface area (Å²) in [7, 11) is 1.34. The minimum atomic E-state index is -0.578. The maximum Gasteiger partial charge on any atom is 0.338 e. The molecule has 2 aromatic carbocycles. The van der Waals surface area contributed by atoms with Gasteiger partial charge in [-0.05, 0) is 36.6 Å². The molecule has 0 radical (unpaired) electrons. The average Bonchev–Trinajstić information content (AvgIpc) is 3.08. The fraction of sp³-hybridized carbons (Fsp3) is 0.160. The van der Waals surface area contributed by atoms with E-state index in [1.165, 1.54) is 18.4 Å². The predicted octanol–water partition coefficient (Wildman–Crippen LogP) is 3.46. The minimum absolute atomic E-state index is 0.174. The lowest BCUT2D eigenvalue weighted by Gasteiger charge is -2.24. The van der Waals surface area contributed by atoms with Gasteiger partial charge in [-0.3, -0.25) is 9.36 Å². The van der Waals surface area contributed by atoms with E-state index in [-0.39, 0.29) is 5.56 Å². The second-order valence-corrected chi connectivity index (χ2v) is 8.29. The molecule has 156 valence electrons. The van der Waals surface area contributed by atoms with Crippen molar-refractivity contribution in [2.45, 2.75) is 19.9 Å². The summed E-state index contributed by atoms with van der Waals surface area (Å²) in [6.45, 7) is 3.74. The van der Waals surface area contributed by atoms with Crippen LogP contribution in [0.4, 0.5) is 0 Å². The number of nitrogens with zero attached hydrogens (tertiary/aromatic N) is 2. The third-order valence-electron chi connectivity index (χ3n) is 5.09. The third kappa shape index (κ3) is 4.07. The number of allylic oxidation sites excluding steroid dienone is 2. The van der Waals surface area contributed by atoms with Crippen LogP contribution in [0.15, 0.2) is 87.3 Å². The molecule has 4 rings (SSSR count). The van der Waals surface area contributed by atoms with Crippen LogP contribution in [-0.4, -0.2) is 17.6 Å². The number of thiazole rings is 1. The first-order chi connectivity index (χ1) is 15.0. The number of carbonyl (C=O) groups is 1. The smallest absolute Gasteiger partial charge is 0.338 e. The summed E-state index contributed by atoms with van der Waals surface area (Å²) in [5.41, 5.74) is 3.62. The van der Waals surface area contributed by atoms with Crippen LogP contribution in [-0.2, 0) is 9.53 Å². The van der Waals surface area contributed by atoms with Gasteiger partial charge < -0.3 is 4.74 Å². The first-order valence-electron chi connectivity index (χ1n) is 9.88. The quantitative estimate of drug-likeness (QED) is 0.596. The van der Waals surface area contributed by atoms with E-state index in [1.54, 1.807) is 11.5 Å². The number of carbonyl (C=O) groups excluding carboxylic acids is 1. The number of fused-ring (bicyclic) bond motifs is 1. The molecule has 1 unspecified atom stereocenters. The molecule has 31 heavy (non-hydrogen) atoms. The maximum absolute atomic E-state index is 13.4. The van der Waals surface area contributed by atoms with Crippen LogP contribution >= 0.6 is 11.3 Å². The van der Waals surface area contributed by atoms with Crippen LogP contribution in [0.3, 0.4) is 0 Å². The molecular formula is C25H22N2O3S. The van der Waals surface area contributed by atoms with Gasteiger partial charge in [0.2, 0.25) is 0 Å². The predicted molar refractivity (Wildman–Crippen MR) is 123 cm³/mol. The van der Waals surface area contributed by atoms with Gasteiger partial charge in [-0.2, -0.15) is 0 Å². The summed E-state index contributed by atoms with van der Waals surface area (Å²) in [5, 5.41) is 0. The Morgan fingerprint density at radius 2 is 1.74 bits per heavy atom. The molecule has 0 bridgehead atoms. The Hall–Kier alpha value is -3.51. The molecule has 1 aliphatic rings. The second-order valence-electron chi connectivity index (χ2n) is 7.28. The van der Waals surface area contributed by atoms with Gasteiger partial charge in [-0.25, -0.2) is 9.79 Å². The summed E-state index contributed by atoms with van der Waals surface area (Å²) in [4.78, 5) is 31.2. The molecule has 0 saturated carbocycles. The molecule has 3 aromatic rings. The molecule has 2 heterocycles. The minimum Gasteiger partial charge on any atom is -0.466 e. The van der Waals surface area contributed by atoms with Crippen molar-refractivity contribution in [2.75, 3.05) is 7.11 Å². The van der Waals surface area contributed by atoms with Crippen LogP contribution in [0, 0.1) is 0 Å². The van der Waals surface area contributed by atoms with E-state index in [2.05, 4.69) is 4.99 Å². The Morgan fingerprint density at radius 1 is 1.10 bits per heavy atom. The van der Waals surface area contributed by atoms with E-state index in [4.69, 9.17) is 4.74 Å². The van der Waals surface area contributed by atoms with Crippen LogP contribution in [0.5, 0.6) is 0 Å². The van der Waals surface area contributed by atoms with Crippen molar-refractivity contribution in [1.82, 2.24) is 4.57 Å². The molecule has 1 atom stereocenters. The molecule has 6 heteroatoms. The molecule has 0 saturated heterocycles. The highest BCUT2D eigenvalue weighted by atomic mass is 32.1. The van der Waals surface area contributed by atoms with Gasteiger partial charge in [0.15, 0.2) is 4.80 Å². The number of hydrogen-bond donors (Lipinski definition) is 0. The van der Waals surface area contributed by atoms with Crippen molar-refractivity contribution in [3.63, 3.8) is 0 Å². The Morgan fingerprint density at radius 3 is 2.39 bits per heavy atom. The summed E-state index contributed by atoms with van der Waals surface area (Å²) < 4.78 is 7.19. The zero-order valence-corrected chi connectivity index (χ0v) is 18.3. The molecule has 0 amide bonds. The van der Waals surface area contributed by atoms with Gasteiger partial charge in [-0.1, -0.05) is 78.1 Å². The fourth-order valence-electron chi connectivity index (χ4n) is 3.70. The van der Waals surface area contributed by atoms with E-state index in [9.17, 15) is 9.59 Å². The molecule has 5 nitrogen and oxygen atoms in total. The highest BCUT2D eigenvalue weighted by Crippen LogP contribution is 2.30. The van der Waals surface area contributed by atoms with Crippen LogP contribution in [0.25, 0.3) is 12.2 Å². The first-order valence-corrected chi connectivity index (χ1v) is 10.7. The fourth-order valence-corrected chi connectivity index (χ4v) is 4.80. The molecule has 0 fully saturated rings. The lowest BCUT2D eigenvalue weighted by Crippen LogP contribution is -2.39. The second kappa shape index (κ2) is 8.70. The van der Waals surface area contributed by atoms with Crippen molar-refractivity contribution in [3.8, 4) is 0 Å². The summed E-state index contributed by atoms with van der Waals surface area (Å²) in [5.74, 6) is -0.482. The van der Waals surface area contributed by atoms with Crippen molar-refractivity contribution >= 4 is 29.5 Å². The van der Waals surface area contributed by atoms with Crippen molar-refractivity contribution in [1.29, 1.82) is 0 Å². The highest BCUT2D eigenvalue weighted by molar-refractivity contribution is 7.07. The SMILES string of the molecule is COC(=O)C1=C(C)N=c2sc(=CC(C)=Cc3ccccc3)c(=O)n2C1c1ccccc1. The molecule has 0 aliphatic carbocycles. The van der Waals surface area contributed by atoms with Gasteiger partial charge in [-0.15, -0.1) is 0 Å². The van der Waals surface area contributed by atoms with Crippen molar-refractivity contribution < 1.29 is 9.53 Å². The number of esters is 1. The lowest BCUT2D eigenvalue weighted by molar-refractivity contribution is -0.136. The molecule has 1 aliphatic heterocycles. The summed E-state index contributed by atoms with van der Waals surface area (Å²) >= 11 is 1.33. The zero-order chi connectivity index (χ0) is 22.0. The summed E-state index contributed by atoms with van der Waals surface area (Å²) in [6.07, 6.45) is 3.90. The standard InChI is InChI=1S/C25H22N2O3S/c1-16(14-18-10-6-4-7-11-18)15-20-23(28)27-22(19-12-8-5-9-13-19)21(24(29)30-3)17(2)26-25(27)31-20/h4-15,22H,1-3H3. The molecule has 0 N–H and O–H groups in total. The van der Waals surface area contributed by atoms with Crippen LogP contribution in [0.1, 0.15) is 31.0 Å². The molecule has 0 spiro atoms. The highest BCUT2D eigenvalue weighted by Gasteiger charge is 2.32. The van der Waals surface area contributed by atoms with Gasteiger partial charge in [0.25, 0.3) is 5.56 Å². The monoisotopic (exact) mass is 430 g/mol. The third-order valence-corrected chi connectivity index (χ3v) is 6.08.